The largest absolute Gasteiger partial charge is 0.493 e. The number of Topliss-reactive ketones (excluding diaryl/α,β-unsaturated/α-hetero) is 1. The number of benzene rings is 1. The summed E-state index contributed by atoms with van der Waals surface area (Å²) in [5, 5.41) is 0. The van der Waals surface area contributed by atoms with Crippen molar-refractivity contribution in [1.29, 1.82) is 0 Å². The van der Waals surface area contributed by atoms with E-state index in [9.17, 15) is 14.4 Å². The van der Waals surface area contributed by atoms with Gasteiger partial charge in [-0.3, -0.25) is 14.4 Å². The van der Waals surface area contributed by atoms with Gasteiger partial charge in [-0.1, -0.05) is 0 Å². The van der Waals surface area contributed by atoms with E-state index in [0.29, 0.717) is 5.56 Å². The number of rotatable bonds is 7. The van der Waals surface area contributed by atoms with Crippen LogP contribution in [-0.2, 0) is 33.3 Å². The fraction of sp³-hybridized carbons (Fsp3) is 0.458. The Morgan fingerprint density at radius 1 is 0.912 bits per heavy atom. The Kier molecular flexibility index (Phi) is 7.21. The van der Waals surface area contributed by atoms with E-state index in [1.807, 2.05) is 0 Å². The van der Waals surface area contributed by atoms with Gasteiger partial charge in [-0.15, -0.1) is 0 Å². The van der Waals surface area contributed by atoms with Crippen molar-refractivity contribution in [2.45, 2.75) is 26.1 Å². The summed E-state index contributed by atoms with van der Waals surface area (Å²) in [6, 6.07) is 3.20. The second kappa shape index (κ2) is 9.76. The van der Waals surface area contributed by atoms with Gasteiger partial charge < -0.3 is 33.2 Å². The first kappa shape index (κ1) is 25.1. The SMILES string of the molecule is COC(=O)[C@H]1[C@H](c2cc(OC)c(OC(C)=O)c(OC)c2)O[C@@H](C)C12C=C(OC)C(=O)C(OC)=C2. The van der Waals surface area contributed by atoms with Gasteiger partial charge in [0.2, 0.25) is 5.75 Å². The van der Waals surface area contributed by atoms with E-state index >= 15 is 0 Å². The van der Waals surface area contributed by atoms with Crippen molar-refractivity contribution in [3.8, 4) is 17.2 Å². The molecule has 10 heteroatoms. The molecular formula is C24H28O10. The van der Waals surface area contributed by atoms with Gasteiger partial charge in [-0.25, -0.2) is 0 Å². The standard InChI is InChI=1S/C24H28O10/c1-12-24(10-17(30-5)20(26)18(11-24)31-6)19(23(27)32-7)21(33-12)14-8-15(28-3)22(34-13(2)25)16(9-14)29-4/h8-12,19,21H,1-7H3/t12-,19+,21-/m0/s1. The molecule has 0 bridgehead atoms. The van der Waals surface area contributed by atoms with Crippen LogP contribution in [0.25, 0.3) is 0 Å². The first-order chi connectivity index (χ1) is 16.2. The maximum atomic E-state index is 13.2. The van der Waals surface area contributed by atoms with Crippen molar-refractivity contribution >= 4 is 17.7 Å². The Hall–Kier alpha value is -3.53. The minimum Gasteiger partial charge on any atom is -0.493 e. The lowest BCUT2D eigenvalue weighted by Gasteiger charge is -2.34. The number of hydrogen-bond donors (Lipinski definition) is 0. The molecule has 1 aliphatic carbocycles. The van der Waals surface area contributed by atoms with E-state index < -0.39 is 41.3 Å². The third-order valence-corrected chi connectivity index (χ3v) is 6.06. The van der Waals surface area contributed by atoms with E-state index in [1.54, 1.807) is 31.2 Å². The summed E-state index contributed by atoms with van der Waals surface area (Å²) in [4.78, 5) is 37.3. The Morgan fingerprint density at radius 3 is 1.85 bits per heavy atom. The average Bonchev–Trinajstić information content (AvgIpc) is 3.10. The van der Waals surface area contributed by atoms with Crippen LogP contribution < -0.4 is 14.2 Å². The minimum absolute atomic E-state index is 0.0321. The lowest BCUT2D eigenvalue weighted by Crippen LogP contribution is -2.40. The van der Waals surface area contributed by atoms with Crippen molar-refractivity contribution in [2.75, 3.05) is 35.5 Å². The summed E-state index contributed by atoms with van der Waals surface area (Å²) in [7, 11) is 6.83. The lowest BCUT2D eigenvalue weighted by atomic mass is 9.68. The van der Waals surface area contributed by atoms with Crippen LogP contribution in [0.4, 0.5) is 0 Å². The zero-order chi connectivity index (χ0) is 25.2. The molecule has 3 rings (SSSR count). The van der Waals surface area contributed by atoms with Crippen LogP contribution in [0.3, 0.4) is 0 Å². The predicted octanol–water partition coefficient (Wildman–Crippen LogP) is 2.51. The molecule has 1 aliphatic heterocycles. The number of ether oxygens (including phenoxy) is 7. The Bertz CT molecular complexity index is 1000. The highest BCUT2D eigenvalue weighted by Crippen LogP contribution is 2.56. The van der Waals surface area contributed by atoms with Gasteiger partial charge >= 0.3 is 11.9 Å². The minimum atomic E-state index is -1.11. The molecule has 0 N–H and O–H groups in total. The number of carbonyl (C=O) groups is 3. The van der Waals surface area contributed by atoms with Crippen molar-refractivity contribution in [2.24, 2.45) is 11.3 Å². The van der Waals surface area contributed by atoms with Crippen LogP contribution in [-0.4, -0.2) is 59.4 Å². The van der Waals surface area contributed by atoms with Crippen molar-refractivity contribution in [3.05, 3.63) is 41.4 Å². The second-order valence-corrected chi connectivity index (χ2v) is 7.80. The fourth-order valence-corrected chi connectivity index (χ4v) is 4.43. The zero-order valence-electron chi connectivity index (χ0n) is 20.1. The van der Waals surface area contributed by atoms with Crippen LogP contribution in [0.1, 0.15) is 25.5 Å². The van der Waals surface area contributed by atoms with Gasteiger partial charge in [0.25, 0.3) is 5.78 Å². The van der Waals surface area contributed by atoms with Crippen LogP contribution in [0.5, 0.6) is 17.2 Å². The van der Waals surface area contributed by atoms with E-state index in [2.05, 4.69) is 0 Å². The first-order valence-corrected chi connectivity index (χ1v) is 10.4. The smallest absolute Gasteiger partial charge is 0.312 e. The molecule has 1 heterocycles. The molecule has 1 aromatic carbocycles. The molecule has 1 saturated heterocycles. The summed E-state index contributed by atoms with van der Waals surface area (Å²) in [5.74, 6) is -1.89. The van der Waals surface area contributed by atoms with Gasteiger partial charge in [0.1, 0.15) is 5.92 Å². The Morgan fingerprint density at radius 2 is 1.44 bits per heavy atom. The van der Waals surface area contributed by atoms with Crippen molar-refractivity contribution in [3.63, 3.8) is 0 Å². The highest BCUT2D eigenvalue weighted by Gasteiger charge is 2.59. The van der Waals surface area contributed by atoms with Gasteiger partial charge in [-0.05, 0) is 36.8 Å². The van der Waals surface area contributed by atoms with Gasteiger partial charge in [0.15, 0.2) is 23.0 Å². The molecule has 0 saturated carbocycles. The van der Waals surface area contributed by atoms with Crippen LogP contribution in [0.2, 0.25) is 0 Å². The van der Waals surface area contributed by atoms with E-state index in [1.165, 1.54) is 42.5 Å². The molecule has 0 radical (unpaired) electrons. The molecule has 0 aromatic heterocycles. The number of carbonyl (C=O) groups excluding carboxylic acids is 3. The number of esters is 2. The third kappa shape index (κ3) is 4.09. The summed E-state index contributed by atoms with van der Waals surface area (Å²) >= 11 is 0. The summed E-state index contributed by atoms with van der Waals surface area (Å²) in [5.41, 5.74) is -0.599. The number of methoxy groups -OCH3 is 5. The van der Waals surface area contributed by atoms with E-state index in [0.717, 1.165) is 0 Å². The fourth-order valence-electron chi connectivity index (χ4n) is 4.43. The van der Waals surface area contributed by atoms with Crippen LogP contribution in [0.15, 0.2) is 35.8 Å². The monoisotopic (exact) mass is 476 g/mol. The second-order valence-electron chi connectivity index (χ2n) is 7.80. The normalized spacial score (nSPS) is 23.0. The molecule has 1 aromatic rings. The predicted molar refractivity (Wildman–Crippen MR) is 117 cm³/mol. The van der Waals surface area contributed by atoms with Crippen LogP contribution >= 0.6 is 0 Å². The molecule has 0 unspecified atom stereocenters. The molecule has 34 heavy (non-hydrogen) atoms. The first-order valence-electron chi connectivity index (χ1n) is 10.4. The highest BCUT2D eigenvalue weighted by atomic mass is 16.6. The lowest BCUT2D eigenvalue weighted by molar-refractivity contribution is -0.149. The van der Waals surface area contributed by atoms with Gasteiger partial charge in [0, 0.05) is 6.92 Å². The maximum Gasteiger partial charge on any atom is 0.312 e. The topological polar surface area (TPSA) is 116 Å². The Balaban J connectivity index is 2.22. The number of hydrogen-bond acceptors (Lipinski definition) is 10. The third-order valence-electron chi connectivity index (χ3n) is 6.06. The van der Waals surface area contributed by atoms with Crippen molar-refractivity contribution < 1.29 is 47.5 Å². The van der Waals surface area contributed by atoms with Crippen LogP contribution in [0, 0.1) is 11.3 Å². The van der Waals surface area contributed by atoms with Crippen molar-refractivity contribution in [1.82, 2.24) is 0 Å². The summed E-state index contributed by atoms with van der Waals surface area (Å²) < 4.78 is 38.1. The molecule has 1 fully saturated rings. The molecular weight excluding hydrogens is 448 g/mol. The molecule has 184 valence electrons. The quantitative estimate of drug-likeness (QED) is 0.429. The molecule has 3 atom stereocenters. The maximum absolute atomic E-state index is 13.2. The number of ketones is 1. The summed E-state index contributed by atoms with van der Waals surface area (Å²) in [6.45, 7) is 3.04. The van der Waals surface area contributed by atoms with Gasteiger partial charge in [-0.2, -0.15) is 0 Å². The van der Waals surface area contributed by atoms with E-state index in [-0.39, 0.29) is 28.8 Å². The molecule has 0 amide bonds. The molecule has 1 spiro atoms. The zero-order valence-corrected chi connectivity index (χ0v) is 20.1. The Labute approximate surface area is 197 Å². The highest BCUT2D eigenvalue weighted by molar-refractivity contribution is 6.06. The van der Waals surface area contributed by atoms with Gasteiger partial charge in [0.05, 0.1) is 53.2 Å². The molecule has 10 nitrogen and oxygen atoms in total. The van der Waals surface area contributed by atoms with E-state index in [4.69, 9.17) is 33.2 Å². The average molecular weight is 476 g/mol. The molecule has 2 aliphatic rings. The summed E-state index contributed by atoms with van der Waals surface area (Å²) in [6.07, 6.45) is 1.72.